The van der Waals surface area contributed by atoms with Gasteiger partial charge in [-0.25, -0.2) is 4.98 Å². The maximum atomic E-state index is 12.7. The molecule has 3 nitrogen and oxygen atoms in total. The molecule has 0 bridgehead atoms. The second-order valence-electron chi connectivity index (χ2n) is 5.48. The highest BCUT2D eigenvalue weighted by molar-refractivity contribution is 5.95. The summed E-state index contributed by atoms with van der Waals surface area (Å²) in [6.07, 6.45) is 2.67. The van der Waals surface area contributed by atoms with Crippen molar-refractivity contribution < 1.29 is 4.79 Å². The Balaban J connectivity index is 2.23. The van der Waals surface area contributed by atoms with Gasteiger partial charge in [-0.2, -0.15) is 0 Å². The fourth-order valence-corrected chi connectivity index (χ4v) is 2.44. The van der Waals surface area contributed by atoms with Crippen molar-refractivity contribution in [2.75, 3.05) is 5.32 Å². The number of anilines is 1. The SMILES string of the molecule is CCC(C)C(C(=O)Nc1cc(C)ccn1)c1ccccc1. The first kappa shape index (κ1) is 15.2. The lowest BCUT2D eigenvalue weighted by Gasteiger charge is -2.22. The number of aryl methyl sites for hydroxylation is 1. The molecule has 2 unspecified atom stereocenters. The zero-order chi connectivity index (χ0) is 15.2. The van der Waals surface area contributed by atoms with E-state index < -0.39 is 0 Å². The van der Waals surface area contributed by atoms with Crippen LogP contribution in [0.15, 0.2) is 48.7 Å². The van der Waals surface area contributed by atoms with Gasteiger partial charge in [-0.15, -0.1) is 0 Å². The third-order valence-corrected chi connectivity index (χ3v) is 3.82. The van der Waals surface area contributed by atoms with E-state index in [0.29, 0.717) is 5.82 Å². The van der Waals surface area contributed by atoms with Crippen LogP contribution in [0.1, 0.15) is 37.3 Å². The van der Waals surface area contributed by atoms with E-state index in [2.05, 4.69) is 24.1 Å². The molecule has 0 fully saturated rings. The molecule has 2 rings (SSSR count). The molecule has 0 aliphatic rings. The first-order valence-electron chi connectivity index (χ1n) is 7.40. The van der Waals surface area contributed by atoms with Crippen molar-refractivity contribution >= 4 is 11.7 Å². The van der Waals surface area contributed by atoms with Crippen LogP contribution in [0.4, 0.5) is 5.82 Å². The van der Waals surface area contributed by atoms with E-state index in [1.165, 1.54) is 0 Å². The molecule has 0 spiro atoms. The molecule has 2 atom stereocenters. The van der Waals surface area contributed by atoms with Crippen LogP contribution in [0.2, 0.25) is 0 Å². The maximum Gasteiger partial charge on any atom is 0.233 e. The van der Waals surface area contributed by atoms with Crippen molar-refractivity contribution in [3.8, 4) is 0 Å². The highest BCUT2D eigenvalue weighted by atomic mass is 16.2. The minimum atomic E-state index is -0.154. The van der Waals surface area contributed by atoms with Crippen molar-refractivity contribution in [1.82, 2.24) is 4.98 Å². The quantitative estimate of drug-likeness (QED) is 0.894. The molecule has 1 heterocycles. The minimum absolute atomic E-state index is 0.00801. The lowest BCUT2D eigenvalue weighted by atomic mass is 9.85. The predicted molar refractivity (Wildman–Crippen MR) is 86.2 cm³/mol. The van der Waals surface area contributed by atoms with Gasteiger partial charge in [0.05, 0.1) is 5.92 Å². The monoisotopic (exact) mass is 282 g/mol. The highest BCUT2D eigenvalue weighted by Crippen LogP contribution is 2.28. The lowest BCUT2D eigenvalue weighted by Crippen LogP contribution is -2.26. The molecule has 3 heteroatoms. The number of rotatable bonds is 5. The Morgan fingerprint density at radius 3 is 2.57 bits per heavy atom. The standard InChI is InChI=1S/C18H22N2O/c1-4-14(3)17(15-8-6-5-7-9-15)18(21)20-16-12-13(2)10-11-19-16/h5-12,14,17H,4H2,1-3H3,(H,19,20,21). The molecule has 1 amide bonds. The fraction of sp³-hybridized carbons (Fsp3) is 0.333. The summed E-state index contributed by atoms with van der Waals surface area (Å²) in [4.78, 5) is 16.9. The number of nitrogens with one attached hydrogen (secondary N) is 1. The average Bonchev–Trinajstić information content (AvgIpc) is 2.48. The Morgan fingerprint density at radius 1 is 1.24 bits per heavy atom. The zero-order valence-corrected chi connectivity index (χ0v) is 12.8. The number of carbonyl (C=O) groups is 1. The number of carbonyl (C=O) groups excluding carboxylic acids is 1. The Labute approximate surface area is 126 Å². The van der Waals surface area contributed by atoms with Gasteiger partial charge >= 0.3 is 0 Å². The molecule has 0 aliphatic carbocycles. The van der Waals surface area contributed by atoms with Gasteiger partial charge in [0.25, 0.3) is 0 Å². The molecule has 1 aromatic heterocycles. The van der Waals surface area contributed by atoms with Crippen molar-refractivity contribution in [2.45, 2.75) is 33.1 Å². The molecule has 1 aromatic carbocycles. The van der Waals surface area contributed by atoms with E-state index in [1.807, 2.05) is 49.4 Å². The third kappa shape index (κ3) is 3.91. The van der Waals surface area contributed by atoms with Gasteiger partial charge in [0, 0.05) is 6.20 Å². The van der Waals surface area contributed by atoms with E-state index >= 15 is 0 Å². The Kier molecular flexibility index (Phi) is 5.09. The summed E-state index contributed by atoms with van der Waals surface area (Å²) in [5, 5.41) is 2.95. The highest BCUT2D eigenvalue weighted by Gasteiger charge is 2.26. The zero-order valence-electron chi connectivity index (χ0n) is 12.8. The third-order valence-electron chi connectivity index (χ3n) is 3.82. The predicted octanol–water partition coefficient (Wildman–Crippen LogP) is 4.16. The van der Waals surface area contributed by atoms with Gasteiger partial charge in [0.1, 0.15) is 5.82 Å². The summed E-state index contributed by atoms with van der Waals surface area (Å²) in [6.45, 7) is 6.21. The van der Waals surface area contributed by atoms with E-state index in [9.17, 15) is 4.79 Å². The van der Waals surface area contributed by atoms with Gasteiger partial charge < -0.3 is 5.32 Å². The number of hydrogen-bond donors (Lipinski definition) is 1. The normalized spacial score (nSPS) is 13.5. The van der Waals surface area contributed by atoms with Crippen LogP contribution < -0.4 is 5.32 Å². The van der Waals surface area contributed by atoms with Gasteiger partial charge in [-0.05, 0) is 36.1 Å². The molecule has 0 aliphatic heterocycles. The van der Waals surface area contributed by atoms with Crippen LogP contribution in [0, 0.1) is 12.8 Å². The number of hydrogen-bond acceptors (Lipinski definition) is 2. The Bertz CT molecular complexity index is 595. The molecule has 21 heavy (non-hydrogen) atoms. The van der Waals surface area contributed by atoms with E-state index in [4.69, 9.17) is 0 Å². The molecule has 2 aromatic rings. The minimum Gasteiger partial charge on any atom is -0.310 e. The summed E-state index contributed by atoms with van der Waals surface area (Å²) in [5.74, 6) is 0.744. The van der Waals surface area contributed by atoms with Gasteiger partial charge in [-0.1, -0.05) is 50.6 Å². The summed E-state index contributed by atoms with van der Waals surface area (Å²) >= 11 is 0. The van der Waals surface area contributed by atoms with Crippen molar-refractivity contribution in [3.63, 3.8) is 0 Å². The largest absolute Gasteiger partial charge is 0.310 e. The molecule has 0 saturated carbocycles. The number of aromatic nitrogens is 1. The van der Waals surface area contributed by atoms with E-state index in [-0.39, 0.29) is 17.7 Å². The molecular weight excluding hydrogens is 260 g/mol. The molecule has 0 saturated heterocycles. The first-order chi connectivity index (χ1) is 10.1. The van der Waals surface area contributed by atoms with E-state index in [0.717, 1.165) is 17.5 Å². The van der Waals surface area contributed by atoms with Crippen LogP contribution >= 0.6 is 0 Å². The van der Waals surface area contributed by atoms with Crippen LogP contribution in [-0.2, 0) is 4.79 Å². The second-order valence-corrected chi connectivity index (χ2v) is 5.48. The van der Waals surface area contributed by atoms with Crippen molar-refractivity contribution in [1.29, 1.82) is 0 Å². The van der Waals surface area contributed by atoms with Crippen LogP contribution in [0.5, 0.6) is 0 Å². The smallest absolute Gasteiger partial charge is 0.233 e. The average molecular weight is 282 g/mol. The Morgan fingerprint density at radius 2 is 1.95 bits per heavy atom. The number of benzene rings is 1. The topological polar surface area (TPSA) is 42.0 Å². The molecule has 0 radical (unpaired) electrons. The molecule has 110 valence electrons. The van der Waals surface area contributed by atoms with Crippen LogP contribution in [0.25, 0.3) is 0 Å². The number of pyridine rings is 1. The van der Waals surface area contributed by atoms with E-state index in [1.54, 1.807) is 6.20 Å². The first-order valence-corrected chi connectivity index (χ1v) is 7.40. The summed E-state index contributed by atoms with van der Waals surface area (Å²) in [7, 11) is 0. The number of nitrogens with zero attached hydrogens (tertiary/aromatic N) is 1. The van der Waals surface area contributed by atoms with Crippen molar-refractivity contribution in [3.05, 3.63) is 59.8 Å². The summed E-state index contributed by atoms with van der Waals surface area (Å²) in [5.41, 5.74) is 2.14. The fourth-order valence-electron chi connectivity index (χ4n) is 2.44. The Hall–Kier alpha value is -2.16. The van der Waals surface area contributed by atoms with Crippen LogP contribution in [0.3, 0.4) is 0 Å². The molecular formula is C18H22N2O. The number of amides is 1. The lowest BCUT2D eigenvalue weighted by molar-refractivity contribution is -0.118. The van der Waals surface area contributed by atoms with Crippen molar-refractivity contribution in [2.24, 2.45) is 5.92 Å². The van der Waals surface area contributed by atoms with Gasteiger partial charge in [0.2, 0.25) is 5.91 Å². The van der Waals surface area contributed by atoms with Gasteiger partial charge in [0.15, 0.2) is 0 Å². The summed E-state index contributed by atoms with van der Waals surface area (Å²) < 4.78 is 0. The second kappa shape index (κ2) is 7.02. The maximum absolute atomic E-state index is 12.7. The summed E-state index contributed by atoms with van der Waals surface area (Å²) in [6, 6.07) is 13.7. The van der Waals surface area contributed by atoms with Crippen LogP contribution in [-0.4, -0.2) is 10.9 Å². The molecule has 1 N–H and O–H groups in total. The van der Waals surface area contributed by atoms with Gasteiger partial charge in [-0.3, -0.25) is 4.79 Å².